The van der Waals surface area contributed by atoms with E-state index in [1.54, 1.807) is 12.1 Å². The number of pyridine rings is 1. The molecule has 1 aromatic heterocycles. The van der Waals surface area contributed by atoms with Crippen LogP contribution >= 0.6 is 0 Å². The first-order valence-electron chi connectivity index (χ1n) is 9.76. The van der Waals surface area contributed by atoms with Crippen LogP contribution in [0, 0.1) is 11.8 Å². The molecule has 0 saturated carbocycles. The van der Waals surface area contributed by atoms with Gasteiger partial charge in [-0.15, -0.1) is 5.73 Å². The van der Waals surface area contributed by atoms with E-state index in [1.165, 1.54) is 12.3 Å². The maximum absolute atomic E-state index is 12.9. The van der Waals surface area contributed by atoms with Gasteiger partial charge >= 0.3 is 6.61 Å². The lowest BCUT2D eigenvalue weighted by molar-refractivity contribution is -0.0531. The molecule has 0 amide bonds. The summed E-state index contributed by atoms with van der Waals surface area (Å²) in [6.07, 6.45) is 8.32. The average molecular weight is 421 g/mol. The quantitative estimate of drug-likeness (QED) is 0.494. The monoisotopic (exact) mass is 421 g/mol. The predicted octanol–water partition coefficient (Wildman–Crippen LogP) is 5.40. The largest absolute Gasteiger partial charge is 0.416 e. The van der Waals surface area contributed by atoms with Crippen LogP contribution in [0.3, 0.4) is 0 Å². The van der Waals surface area contributed by atoms with Gasteiger partial charge in [0.1, 0.15) is 0 Å². The molecule has 0 atom stereocenters. The topological polar surface area (TPSA) is 60.5 Å². The summed E-state index contributed by atoms with van der Waals surface area (Å²) in [6.45, 7) is 8.08. The van der Waals surface area contributed by atoms with Crippen molar-refractivity contribution in [1.82, 2.24) is 4.98 Å². The lowest BCUT2D eigenvalue weighted by Crippen LogP contribution is -2.10. The molecule has 1 heterocycles. The highest BCUT2D eigenvalue weighted by Crippen LogP contribution is 2.24. The Morgan fingerprint density at radius 1 is 1.39 bits per heavy atom. The molecule has 0 aromatic carbocycles. The molecule has 1 aromatic rings. The molecule has 1 aliphatic rings. The second kappa shape index (κ2) is 11.5. The Kier molecular flexibility index (Phi) is 8.75. The van der Waals surface area contributed by atoms with E-state index < -0.39 is 6.61 Å². The smallest absolute Gasteiger partial charge is 0.388 e. The van der Waals surface area contributed by atoms with Crippen molar-refractivity contribution in [3.8, 4) is 17.7 Å². The van der Waals surface area contributed by atoms with E-state index in [0.29, 0.717) is 24.2 Å². The van der Waals surface area contributed by atoms with Gasteiger partial charge in [-0.25, -0.2) is 4.98 Å². The normalized spacial score (nSPS) is 19.3. The summed E-state index contributed by atoms with van der Waals surface area (Å²) < 4.78 is 30.3. The molecular formula is C25H25F2N3O. The van der Waals surface area contributed by atoms with Crippen molar-refractivity contribution in [3.05, 3.63) is 89.1 Å². The molecule has 0 saturated heterocycles. The van der Waals surface area contributed by atoms with Gasteiger partial charge in [-0.1, -0.05) is 31.9 Å². The molecule has 0 fully saturated rings. The van der Waals surface area contributed by atoms with E-state index in [2.05, 4.69) is 45.4 Å². The number of hydrogen-bond acceptors (Lipinski definition) is 4. The van der Waals surface area contributed by atoms with Crippen molar-refractivity contribution in [2.45, 2.75) is 39.7 Å². The Morgan fingerprint density at radius 3 is 2.81 bits per heavy atom. The number of alkyl halides is 2. The molecular weight excluding hydrogens is 396 g/mol. The second-order valence-corrected chi connectivity index (χ2v) is 6.58. The van der Waals surface area contributed by atoms with E-state index in [0.717, 1.165) is 28.9 Å². The van der Waals surface area contributed by atoms with Crippen molar-refractivity contribution >= 4 is 5.71 Å². The number of aliphatic imine (C=N–C) groups is 1. The molecule has 0 spiro atoms. The minimum Gasteiger partial charge on any atom is -0.416 e. The third kappa shape index (κ3) is 6.67. The van der Waals surface area contributed by atoms with E-state index in [9.17, 15) is 8.78 Å². The zero-order valence-electron chi connectivity index (χ0n) is 17.7. The van der Waals surface area contributed by atoms with Gasteiger partial charge in [-0.05, 0) is 60.4 Å². The number of aromatic nitrogens is 1. The van der Waals surface area contributed by atoms with Crippen LogP contribution in [0.15, 0.2) is 82.9 Å². The Bertz CT molecular complexity index is 1080. The number of allylic oxidation sites excluding steroid dienone is 5. The van der Waals surface area contributed by atoms with E-state index in [4.69, 9.17) is 5.73 Å². The number of nitrogens with zero attached hydrogens (tertiary/aromatic N) is 2. The molecule has 6 heteroatoms. The average Bonchev–Trinajstić information content (AvgIpc) is 2.78. The van der Waals surface area contributed by atoms with Crippen LogP contribution in [0.2, 0.25) is 0 Å². The molecule has 0 aliphatic heterocycles. The third-order valence-electron chi connectivity index (χ3n) is 4.53. The minimum absolute atomic E-state index is 0.230. The van der Waals surface area contributed by atoms with Crippen molar-refractivity contribution in [2.24, 2.45) is 10.7 Å². The van der Waals surface area contributed by atoms with Gasteiger partial charge < -0.3 is 10.5 Å². The summed E-state index contributed by atoms with van der Waals surface area (Å²) >= 11 is 0. The maximum atomic E-state index is 12.9. The van der Waals surface area contributed by atoms with Crippen LogP contribution in [-0.4, -0.2) is 17.3 Å². The Morgan fingerprint density at radius 2 is 2.16 bits per heavy atom. The number of rotatable bonds is 6. The van der Waals surface area contributed by atoms with Crippen molar-refractivity contribution < 1.29 is 13.5 Å². The van der Waals surface area contributed by atoms with E-state index in [-0.39, 0.29) is 11.4 Å². The molecule has 1 aliphatic carbocycles. The molecule has 31 heavy (non-hydrogen) atoms. The zero-order valence-corrected chi connectivity index (χ0v) is 17.7. The van der Waals surface area contributed by atoms with Crippen LogP contribution in [-0.2, 0) is 6.42 Å². The van der Waals surface area contributed by atoms with Crippen LogP contribution in [0.25, 0.3) is 0 Å². The number of hydrogen-bond donors (Lipinski definition) is 1. The van der Waals surface area contributed by atoms with Crippen molar-refractivity contribution in [1.29, 1.82) is 0 Å². The van der Waals surface area contributed by atoms with Crippen LogP contribution in [0.5, 0.6) is 5.88 Å². The molecule has 160 valence electrons. The van der Waals surface area contributed by atoms with Crippen LogP contribution < -0.4 is 10.5 Å². The molecule has 4 nitrogen and oxygen atoms in total. The highest BCUT2D eigenvalue weighted by molar-refractivity contribution is 6.01. The predicted molar refractivity (Wildman–Crippen MR) is 121 cm³/mol. The Balaban J connectivity index is 2.54. The van der Waals surface area contributed by atoms with Crippen LogP contribution in [0.1, 0.15) is 37.9 Å². The Labute approximate surface area is 181 Å². The first-order chi connectivity index (χ1) is 14.9. The van der Waals surface area contributed by atoms with Gasteiger partial charge in [-0.3, -0.25) is 4.99 Å². The standard InChI is InChI=1S/C25H25F2N3O/c1-5-8-11-19-13-14-20(30-24(19)31-25(26)27)16-21-17(4)10-9-12-23(29-7-3)18(6-2)15-22(21)28/h5,7,9,13-15,25H,1,3,6,12,16,28H2,2,4H3/b18-15-,22-21+,29-23-. The highest BCUT2D eigenvalue weighted by Gasteiger charge is 2.15. The van der Waals surface area contributed by atoms with Crippen molar-refractivity contribution in [3.63, 3.8) is 0 Å². The molecule has 2 N–H and O–H groups in total. The van der Waals surface area contributed by atoms with Crippen LogP contribution in [0.4, 0.5) is 8.78 Å². The van der Waals surface area contributed by atoms with Gasteiger partial charge in [-0.2, -0.15) is 8.78 Å². The maximum Gasteiger partial charge on any atom is 0.388 e. The SMILES string of the molecule is C=CC#Cc1ccc(C/C2=C(N)/C=C(CC)\C(=N/C=C)CC=C=C2C)nc1OC(F)F. The summed E-state index contributed by atoms with van der Waals surface area (Å²) in [5, 5.41) is 0. The second-order valence-electron chi connectivity index (χ2n) is 6.58. The third-order valence-corrected chi connectivity index (χ3v) is 4.53. The summed E-state index contributed by atoms with van der Waals surface area (Å²) in [4.78, 5) is 8.61. The summed E-state index contributed by atoms with van der Waals surface area (Å²) in [7, 11) is 0. The first-order valence-corrected chi connectivity index (χ1v) is 9.76. The molecule has 0 unspecified atom stereocenters. The highest BCUT2D eigenvalue weighted by atomic mass is 19.3. The summed E-state index contributed by atoms with van der Waals surface area (Å²) in [5.41, 5.74) is 14.5. The Hall–Kier alpha value is -3.68. The van der Waals surface area contributed by atoms with E-state index >= 15 is 0 Å². The van der Waals surface area contributed by atoms with Gasteiger partial charge in [0.25, 0.3) is 0 Å². The first kappa shape index (κ1) is 23.6. The van der Waals surface area contributed by atoms with Gasteiger partial charge in [0, 0.05) is 36.1 Å². The number of ether oxygens (including phenoxy) is 1. The number of nitrogens with two attached hydrogens (primary N) is 1. The van der Waals surface area contributed by atoms with Gasteiger partial charge in [0.15, 0.2) is 0 Å². The van der Waals surface area contributed by atoms with E-state index in [1.807, 2.05) is 26.0 Å². The number of halogens is 2. The van der Waals surface area contributed by atoms with Gasteiger partial charge in [0.2, 0.25) is 5.88 Å². The molecule has 2 rings (SSSR count). The van der Waals surface area contributed by atoms with Crippen molar-refractivity contribution in [2.75, 3.05) is 0 Å². The fraction of sp³-hybridized carbons (Fsp3) is 0.240. The minimum atomic E-state index is -3.01. The lowest BCUT2D eigenvalue weighted by Gasteiger charge is -2.12. The fourth-order valence-corrected chi connectivity index (χ4v) is 3.04. The zero-order chi connectivity index (χ0) is 22.8. The van der Waals surface area contributed by atoms with Gasteiger partial charge in [0.05, 0.1) is 5.56 Å². The lowest BCUT2D eigenvalue weighted by atomic mass is 9.98. The summed E-state index contributed by atoms with van der Waals surface area (Å²) in [5.74, 6) is 5.08. The molecule has 0 bridgehead atoms. The molecule has 0 radical (unpaired) electrons. The summed E-state index contributed by atoms with van der Waals surface area (Å²) in [6, 6.07) is 3.31. The fourth-order valence-electron chi connectivity index (χ4n) is 3.04.